The van der Waals surface area contributed by atoms with E-state index in [1.807, 2.05) is 0 Å². The molecular weight excluding hydrogens is 266 g/mol. The van der Waals surface area contributed by atoms with Crippen LogP contribution in [0.4, 0.5) is 0 Å². The lowest BCUT2D eigenvalue weighted by molar-refractivity contribution is -0.137. The first kappa shape index (κ1) is 16.2. The summed E-state index contributed by atoms with van der Waals surface area (Å²) in [5.41, 5.74) is 8.15. The third-order valence-corrected chi connectivity index (χ3v) is 3.37. The number of nitrogens with zero attached hydrogens (tertiary/aromatic N) is 3. The molecule has 2 unspecified atom stereocenters. The highest BCUT2D eigenvalue weighted by Crippen LogP contribution is 2.12. The zero-order chi connectivity index (χ0) is 17.3. The Bertz CT molecular complexity index is 350. The molecule has 5 heteroatoms. The largest absolute Gasteiger partial charge is 0.481 e. The van der Waals surface area contributed by atoms with Crippen LogP contribution < -0.4 is 0 Å². The Morgan fingerprint density at radius 1 is 0.905 bits per heavy atom. The van der Waals surface area contributed by atoms with Crippen LogP contribution in [0.25, 0.3) is 10.4 Å². The van der Waals surface area contributed by atoms with Crippen molar-refractivity contribution >= 4 is 5.97 Å². The van der Waals surface area contributed by atoms with Crippen molar-refractivity contribution in [1.82, 2.24) is 0 Å². The number of hydrogen-bond donors (Lipinski definition) is 1. The highest BCUT2D eigenvalue weighted by molar-refractivity contribution is 5.66. The quantitative estimate of drug-likeness (QED) is 0.168. The van der Waals surface area contributed by atoms with Gasteiger partial charge in [0.15, 0.2) is 0 Å². The van der Waals surface area contributed by atoms with Crippen molar-refractivity contribution in [2.24, 2.45) is 5.11 Å². The Morgan fingerprint density at radius 3 is 1.90 bits per heavy atom. The van der Waals surface area contributed by atoms with Crippen LogP contribution in [0.3, 0.4) is 0 Å². The minimum absolute atomic E-state index is 0.249. The average Bonchev–Trinajstić information content (AvgIpc) is 2.52. The average molecular weight is 301 g/mol. The first-order valence-corrected chi connectivity index (χ1v) is 8.15. The summed E-state index contributed by atoms with van der Waals surface area (Å²) < 4.78 is 16.0. The van der Waals surface area contributed by atoms with Gasteiger partial charge in [0, 0.05) is 20.6 Å². The maximum Gasteiger partial charge on any atom is 0.303 e. The lowest BCUT2D eigenvalue weighted by atomic mass is 10.0. The molecule has 0 rings (SSSR count). The Morgan fingerprint density at radius 2 is 1.38 bits per heavy atom. The molecule has 122 valence electrons. The predicted molar refractivity (Wildman–Crippen MR) is 86.3 cm³/mol. The molecule has 0 aliphatic heterocycles. The summed E-state index contributed by atoms with van der Waals surface area (Å²) >= 11 is 0. The summed E-state index contributed by atoms with van der Waals surface area (Å²) in [5, 5.41) is 12.0. The van der Waals surface area contributed by atoms with E-state index in [2.05, 4.69) is 10.0 Å². The van der Waals surface area contributed by atoms with E-state index in [-0.39, 0.29) is 19.2 Å². The monoisotopic (exact) mass is 301 g/mol. The van der Waals surface area contributed by atoms with Gasteiger partial charge in [-0.25, -0.2) is 0 Å². The van der Waals surface area contributed by atoms with Crippen LogP contribution in [0.5, 0.6) is 0 Å². The van der Waals surface area contributed by atoms with Gasteiger partial charge in [0.1, 0.15) is 0 Å². The van der Waals surface area contributed by atoms with Gasteiger partial charge < -0.3 is 5.11 Å². The van der Waals surface area contributed by atoms with E-state index in [4.69, 9.17) is 13.4 Å². The van der Waals surface area contributed by atoms with Crippen LogP contribution in [0, 0.1) is 0 Å². The van der Waals surface area contributed by atoms with Crippen LogP contribution in [0.1, 0.15) is 92.6 Å². The van der Waals surface area contributed by atoms with Gasteiger partial charge in [-0.3, -0.25) is 4.79 Å². The van der Waals surface area contributed by atoms with E-state index in [1.54, 1.807) is 0 Å². The van der Waals surface area contributed by atoms with Crippen molar-refractivity contribution in [3.8, 4) is 0 Å². The number of unbranched alkanes of at least 4 members (excludes halogenated alkanes) is 7. The Balaban J connectivity index is 3.42. The van der Waals surface area contributed by atoms with E-state index in [1.165, 1.54) is 0 Å². The molecule has 0 bridgehead atoms. The van der Waals surface area contributed by atoms with Gasteiger partial charge in [-0.1, -0.05) is 75.7 Å². The van der Waals surface area contributed by atoms with Crippen molar-refractivity contribution < 1.29 is 12.6 Å². The summed E-state index contributed by atoms with van der Waals surface area (Å²) in [6.45, 7) is 0.550. The number of carboxylic acids is 1. The van der Waals surface area contributed by atoms with E-state index in [0.29, 0.717) is 6.54 Å². The fourth-order valence-corrected chi connectivity index (χ4v) is 2.15. The molecule has 0 saturated heterocycles. The number of aliphatic carboxylic acids is 1. The summed E-state index contributed by atoms with van der Waals surface area (Å²) in [7, 11) is 0. The minimum atomic E-state index is -0.730. The maximum atomic E-state index is 10.4. The summed E-state index contributed by atoms with van der Waals surface area (Å²) in [4.78, 5) is 13.1. The SMILES string of the molecule is [3H]C(CCCCCCCC(=O)O)C([3H])CCCCCCN=[N+]=[N-]. The van der Waals surface area contributed by atoms with Crippen LogP contribution in [-0.4, -0.2) is 17.6 Å². The normalized spacial score (nSPS) is 14.7. The number of carbonyl (C=O) groups is 1. The molecule has 0 aliphatic carbocycles. The Labute approximate surface area is 131 Å². The van der Waals surface area contributed by atoms with Crippen LogP contribution in [0.15, 0.2) is 5.11 Å². The predicted octanol–water partition coefficient (Wildman–Crippen LogP) is 5.84. The highest BCUT2D eigenvalue weighted by Gasteiger charge is 1.97. The van der Waals surface area contributed by atoms with E-state index < -0.39 is 5.97 Å². The molecule has 0 fully saturated rings. The lowest BCUT2D eigenvalue weighted by Crippen LogP contribution is -1.93. The molecule has 0 saturated carbocycles. The van der Waals surface area contributed by atoms with Gasteiger partial charge in [-0.15, -0.1) is 0 Å². The molecule has 0 aromatic carbocycles. The fraction of sp³-hybridized carbons (Fsp3) is 0.938. The van der Waals surface area contributed by atoms with Crippen LogP contribution in [-0.2, 0) is 4.79 Å². The first-order chi connectivity index (χ1) is 11.1. The van der Waals surface area contributed by atoms with Crippen molar-refractivity contribution in [1.29, 1.82) is 0 Å². The van der Waals surface area contributed by atoms with Gasteiger partial charge >= 0.3 is 5.97 Å². The van der Waals surface area contributed by atoms with E-state index in [9.17, 15) is 4.79 Å². The number of azide groups is 1. The number of rotatable bonds is 16. The van der Waals surface area contributed by atoms with Crippen LogP contribution >= 0.6 is 0 Å². The third kappa shape index (κ3) is 18.8. The lowest BCUT2D eigenvalue weighted by Gasteiger charge is -2.02. The van der Waals surface area contributed by atoms with Gasteiger partial charge in [0.2, 0.25) is 0 Å². The molecule has 0 aliphatic rings. The summed E-state index contributed by atoms with van der Waals surface area (Å²) in [6, 6.07) is 0. The van der Waals surface area contributed by atoms with Crippen molar-refractivity contribution in [3.05, 3.63) is 10.4 Å². The second-order valence-corrected chi connectivity index (χ2v) is 5.33. The van der Waals surface area contributed by atoms with Crippen molar-refractivity contribution in [3.63, 3.8) is 0 Å². The molecule has 0 radical (unpaired) electrons. The van der Waals surface area contributed by atoms with E-state index >= 15 is 0 Å². The topological polar surface area (TPSA) is 86.1 Å². The minimum Gasteiger partial charge on any atom is -0.481 e. The Kier molecular flexibility index (Phi) is 13.0. The second kappa shape index (κ2) is 16.8. The molecule has 0 spiro atoms. The molecule has 5 nitrogen and oxygen atoms in total. The highest BCUT2D eigenvalue weighted by atomic mass is 16.4. The van der Waals surface area contributed by atoms with Gasteiger partial charge in [0.05, 0.1) is 0 Å². The van der Waals surface area contributed by atoms with Gasteiger partial charge in [-0.05, 0) is 18.4 Å². The number of hydrogen-bond acceptors (Lipinski definition) is 2. The third-order valence-electron chi connectivity index (χ3n) is 3.37. The standard InChI is InChI=1S/C16H31N3O2/c17-19-18-15-13-11-9-7-5-3-1-2-4-6-8-10-12-14-16(20)21/h1-15H2,(H,20,21)/i1T,3T. The number of carboxylic acid groups (broad SMARTS) is 1. The molecule has 0 aromatic rings. The smallest absolute Gasteiger partial charge is 0.303 e. The van der Waals surface area contributed by atoms with Crippen molar-refractivity contribution in [2.45, 2.75) is 89.8 Å². The second-order valence-electron chi connectivity index (χ2n) is 5.33. The molecule has 1 N–H and O–H groups in total. The first-order valence-electron chi connectivity index (χ1n) is 9.30. The van der Waals surface area contributed by atoms with Gasteiger partial charge in [0.25, 0.3) is 0 Å². The zero-order valence-corrected chi connectivity index (χ0v) is 13.0. The summed E-state index contributed by atoms with van der Waals surface area (Å²) in [5.74, 6) is -0.730. The molecule has 0 amide bonds. The van der Waals surface area contributed by atoms with E-state index in [0.717, 1.165) is 70.6 Å². The molecule has 2 atom stereocenters. The maximum absolute atomic E-state index is 10.4. The van der Waals surface area contributed by atoms with Crippen molar-refractivity contribution in [2.75, 3.05) is 6.54 Å². The molecule has 0 aromatic heterocycles. The Hall–Kier alpha value is -1.22. The summed E-state index contributed by atoms with van der Waals surface area (Å²) in [6.07, 6.45) is 9.78. The molecule has 21 heavy (non-hydrogen) atoms. The zero-order valence-electron chi connectivity index (χ0n) is 15.0. The molecular formula is C16H31N3O2. The molecule has 0 heterocycles. The van der Waals surface area contributed by atoms with Crippen LogP contribution in [0.2, 0.25) is 0 Å². The fourth-order valence-electron chi connectivity index (χ4n) is 2.15. The van der Waals surface area contributed by atoms with Gasteiger partial charge in [-0.2, -0.15) is 0 Å².